The number of aliphatic hydroxyl groups is 1. The Labute approximate surface area is 115 Å². The van der Waals surface area contributed by atoms with E-state index in [0.717, 1.165) is 6.07 Å². The highest BCUT2D eigenvalue weighted by Gasteiger charge is 2.43. The van der Waals surface area contributed by atoms with Crippen LogP contribution in [-0.2, 0) is 15.0 Å². The first-order valence-corrected chi connectivity index (χ1v) is 6.04. The van der Waals surface area contributed by atoms with Gasteiger partial charge in [0.15, 0.2) is 0 Å². The van der Waals surface area contributed by atoms with E-state index in [4.69, 9.17) is 10.8 Å². The number of amides is 1. The molecule has 7 heteroatoms. The van der Waals surface area contributed by atoms with Gasteiger partial charge in [-0.2, -0.15) is 0 Å². The first-order chi connectivity index (χ1) is 9.47. The van der Waals surface area contributed by atoms with Gasteiger partial charge in [0, 0.05) is 25.1 Å². The molecule has 0 bridgehead atoms. The van der Waals surface area contributed by atoms with E-state index in [1.807, 2.05) is 0 Å². The molecular weight excluding hydrogens is 267 g/mol. The molecule has 0 heterocycles. The van der Waals surface area contributed by atoms with Gasteiger partial charge in [0.1, 0.15) is 11.2 Å². The Bertz CT molecular complexity index is 495. The highest BCUT2D eigenvalue weighted by Crippen LogP contribution is 2.29. The second kappa shape index (κ2) is 6.97. The summed E-state index contributed by atoms with van der Waals surface area (Å²) in [5.74, 6) is -2.71. The molecule has 0 saturated heterocycles. The molecule has 20 heavy (non-hydrogen) atoms. The molecule has 0 fully saturated rings. The summed E-state index contributed by atoms with van der Waals surface area (Å²) in [5, 5.41) is 20.4. The fourth-order valence-electron chi connectivity index (χ4n) is 1.94. The number of aliphatic carboxylic acids is 1. The van der Waals surface area contributed by atoms with Gasteiger partial charge in [0.25, 0.3) is 0 Å². The van der Waals surface area contributed by atoms with Crippen molar-refractivity contribution in [2.75, 3.05) is 19.7 Å². The lowest BCUT2D eigenvalue weighted by molar-refractivity contribution is -0.146. The lowest BCUT2D eigenvalue weighted by atomic mass is 9.77. The van der Waals surface area contributed by atoms with Gasteiger partial charge in [-0.05, 0) is 6.07 Å². The van der Waals surface area contributed by atoms with Gasteiger partial charge in [-0.15, -0.1) is 0 Å². The number of benzene rings is 1. The minimum atomic E-state index is -1.83. The molecule has 0 radical (unpaired) electrons. The van der Waals surface area contributed by atoms with E-state index in [2.05, 4.69) is 5.32 Å². The Morgan fingerprint density at radius 3 is 2.50 bits per heavy atom. The number of rotatable bonds is 7. The third-order valence-electron chi connectivity index (χ3n) is 3.04. The van der Waals surface area contributed by atoms with E-state index >= 15 is 0 Å². The quantitative estimate of drug-likeness (QED) is 0.544. The summed E-state index contributed by atoms with van der Waals surface area (Å²) in [4.78, 5) is 23.2. The van der Waals surface area contributed by atoms with Crippen molar-refractivity contribution in [3.8, 4) is 0 Å². The van der Waals surface area contributed by atoms with E-state index in [9.17, 15) is 19.1 Å². The zero-order valence-corrected chi connectivity index (χ0v) is 10.8. The average molecular weight is 284 g/mol. The molecule has 1 aromatic carbocycles. The van der Waals surface area contributed by atoms with Crippen LogP contribution in [-0.4, -0.2) is 41.8 Å². The first kappa shape index (κ1) is 16.1. The number of nitrogens with two attached hydrogens (primary N) is 1. The highest BCUT2D eigenvalue weighted by molar-refractivity contribution is 5.89. The molecule has 0 saturated carbocycles. The number of carboxylic acid groups (broad SMARTS) is 1. The second-order valence-electron chi connectivity index (χ2n) is 4.32. The van der Waals surface area contributed by atoms with Gasteiger partial charge in [-0.25, -0.2) is 4.39 Å². The number of hydrogen-bond donors (Lipinski definition) is 4. The molecular formula is C13H17FN2O4. The lowest BCUT2D eigenvalue weighted by Gasteiger charge is -2.28. The van der Waals surface area contributed by atoms with E-state index < -0.39 is 36.1 Å². The molecule has 0 aliphatic rings. The van der Waals surface area contributed by atoms with Crippen molar-refractivity contribution in [2.24, 2.45) is 5.73 Å². The Morgan fingerprint density at radius 2 is 2.00 bits per heavy atom. The Kier molecular flexibility index (Phi) is 5.60. The molecule has 0 aliphatic carbocycles. The predicted octanol–water partition coefficient (Wildman–Crippen LogP) is -0.395. The molecule has 0 spiro atoms. The number of carboxylic acids is 1. The van der Waals surface area contributed by atoms with Crippen molar-refractivity contribution in [1.82, 2.24) is 5.32 Å². The molecule has 0 aliphatic heterocycles. The van der Waals surface area contributed by atoms with Gasteiger partial charge in [0.2, 0.25) is 5.91 Å². The number of carbonyl (C=O) groups excluding carboxylic acids is 1. The topological polar surface area (TPSA) is 113 Å². The van der Waals surface area contributed by atoms with E-state index in [-0.39, 0.29) is 18.7 Å². The number of halogens is 1. The summed E-state index contributed by atoms with van der Waals surface area (Å²) in [7, 11) is 0. The van der Waals surface area contributed by atoms with Crippen LogP contribution in [0.5, 0.6) is 0 Å². The monoisotopic (exact) mass is 284 g/mol. The molecule has 5 N–H and O–H groups in total. The van der Waals surface area contributed by atoms with Gasteiger partial charge in [-0.1, -0.05) is 18.2 Å². The van der Waals surface area contributed by atoms with Gasteiger partial charge in [-0.3, -0.25) is 9.59 Å². The van der Waals surface area contributed by atoms with Crippen molar-refractivity contribution in [2.45, 2.75) is 11.8 Å². The summed E-state index contributed by atoms with van der Waals surface area (Å²) in [5.41, 5.74) is 3.55. The second-order valence-corrected chi connectivity index (χ2v) is 4.32. The van der Waals surface area contributed by atoms with Crippen LogP contribution in [0.1, 0.15) is 12.0 Å². The Morgan fingerprint density at radius 1 is 1.35 bits per heavy atom. The molecule has 1 rings (SSSR count). The molecule has 1 amide bonds. The van der Waals surface area contributed by atoms with Crippen LogP contribution in [0.3, 0.4) is 0 Å². The molecule has 1 unspecified atom stereocenters. The number of carbonyl (C=O) groups is 2. The third kappa shape index (κ3) is 3.31. The van der Waals surface area contributed by atoms with E-state index in [1.54, 1.807) is 0 Å². The first-order valence-electron chi connectivity index (χ1n) is 6.04. The maximum atomic E-state index is 13.8. The van der Waals surface area contributed by atoms with Crippen LogP contribution in [0.4, 0.5) is 4.39 Å². The largest absolute Gasteiger partial charge is 0.481 e. The predicted molar refractivity (Wildman–Crippen MR) is 69.5 cm³/mol. The van der Waals surface area contributed by atoms with Crippen LogP contribution in [0.15, 0.2) is 24.3 Å². The average Bonchev–Trinajstić information content (AvgIpc) is 2.43. The number of hydrogen-bond acceptors (Lipinski definition) is 4. The van der Waals surface area contributed by atoms with Gasteiger partial charge in [0.05, 0.1) is 6.61 Å². The van der Waals surface area contributed by atoms with Crippen LogP contribution in [0.2, 0.25) is 0 Å². The zero-order valence-electron chi connectivity index (χ0n) is 10.8. The number of aliphatic hydroxyl groups excluding tert-OH is 1. The SMILES string of the molecule is NCC(CC(=O)NCCO)(C(=O)O)c1ccccc1F. The summed E-state index contributed by atoms with van der Waals surface area (Å²) < 4.78 is 13.8. The maximum absolute atomic E-state index is 13.8. The minimum absolute atomic E-state index is 0.00360. The van der Waals surface area contributed by atoms with Crippen LogP contribution in [0, 0.1) is 5.82 Å². The summed E-state index contributed by atoms with van der Waals surface area (Å²) in [6, 6.07) is 5.33. The van der Waals surface area contributed by atoms with Crippen molar-refractivity contribution in [1.29, 1.82) is 0 Å². The molecule has 110 valence electrons. The van der Waals surface area contributed by atoms with Crippen LogP contribution in [0.25, 0.3) is 0 Å². The van der Waals surface area contributed by atoms with Gasteiger partial charge >= 0.3 is 5.97 Å². The lowest BCUT2D eigenvalue weighted by Crippen LogP contribution is -2.47. The number of nitrogens with one attached hydrogen (secondary N) is 1. The minimum Gasteiger partial charge on any atom is -0.481 e. The van der Waals surface area contributed by atoms with Crippen molar-refractivity contribution in [3.63, 3.8) is 0 Å². The summed E-state index contributed by atoms with van der Waals surface area (Å²) >= 11 is 0. The molecule has 6 nitrogen and oxygen atoms in total. The Balaban J connectivity index is 3.14. The van der Waals surface area contributed by atoms with E-state index in [1.165, 1.54) is 18.2 Å². The van der Waals surface area contributed by atoms with Crippen molar-refractivity contribution in [3.05, 3.63) is 35.6 Å². The third-order valence-corrected chi connectivity index (χ3v) is 3.04. The Hall–Kier alpha value is -1.99. The fourth-order valence-corrected chi connectivity index (χ4v) is 1.94. The van der Waals surface area contributed by atoms with Crippen LogP contribution >= 0.6 is 0 Å². The molecule has 1 aromatic rings. The van der Waals surface area contributed by atoms with Crippen molar-refractivity contribution < 1.29 is 24.2 Å². The summed E-state index contributed by atoms with van der Waals surface area (Å²) in [6.07, 6.45) is -0.500. The zero-order chi connectivity index (χ0) is 15.2. The maximum Gasteiger partial charge on any atom is 0.316 e. The highest BCUT2D eigenvalue weighted by atomic mass is 19.1. The smallest absolute Gasteiger partial charge is 0.316 e. The van der Waals surface area contributed by atoms with E-state index in [0.29, 0.717) is 0 Å². The van der Waals surface area contributed by atoms with Gasteiger partial charge < -0.3 is 21.3 Å². The summed E-state index contributed by atoms with van der Waals surface area (Å²) in [6.45, 7) is -0.694. The standard InChI is InChI=1S/C13H17FN2O4/c14-10-4-2-1-3-9(10)13(8-15,12(19)20)7-11(18)16-5-6-17/h1-4,17H,5-8,15H2,(H,16,18)(H,19,20). The van der Waals surface area contributed by atoms with Crippen molar-refractivity contribution >= 4 is 11.9 Å². The normalized spacial score (nSPS) is 13.6. The van der Waals surface area contributed by atoms with Crippen LogP contribution < -0.4 is 11.1 Å². The molecule has 1 atom stereocenters. The fraction of sp³-hybridized carbons (Fsp3) is 0.385. The molecule has 0 aromatic heterocycles.